The van der Waals surface area contributed by atoms with Crippen LogP contribution in [0.2, 0.25) is 0 Å². The van der Waals surface area contributed by atoms with Gasteiger partial charge in [-0.05, 0) is 59.1 Å². The molecule has 0 saturated heterocycles. The van der Waals surface area contributed by atoms with Crippen LogP contribution >= 0.6 is 15.9 Å². The van der Waals surface area contributed by atoms with Gasteiger partial charge in [-0.1, -0.05) is 6.07 Å². The smallest absolute Gasteiger partial charge is 0.241 e. The molecule has 1 aromatic heterocycles. The van der Waals surface area contributed by atoms with Gasteiger partial charge in [-0.25, -0.2) is 13.1 Å². The fourth-order valence-corrected chi connectivity index (χ4v) is 3.91. The molecule has 0 amide bonds. The zero-order valence-electron chi connectivity index (χ0n) is 11.7. The first-order valence-corrected chi connectivity index (χ1v) is 8.57. The van der Waals surface area contributed by atoms with Gasteiger partial charge >= 0.3 is 0 Å². The van der Waals surface area contributed by atoms with Crippen LogP contribution in [-0.4, -0.2) is 13.4 Å². The van der Waals surface area contributed by atoms with Gasteiger partial charge in [0.15, 0.2) is 0 Å². The average molecular weight is 370 g/mol. The second-order valence-electron chi connectivity index (χ2n) is 4.77. The van der Waals surface area contributed by atoms with E-state index in [2.05, 4.69) is 25.6 Å². The molecule has 0 spiro atoms. The number of rotatable bonds is 4. The Morgan fingerprint density at radius 3 is 2.71 bits per heavy atom. The van der Waals surface area contributed by atoms with E-state index in [0.29, 0.717) is 15.7 Å². The van der Waals surface area contributed by atoms with Crippen LogP contribution in [0.4, 0.5) is 5.69 Å². The second kappa shape index (κ2) is 6.13. The van der Waals surface area contributed by atoms with Crippen molar-refractivity contribution in [3.8, 4) is 0 Å². The van der Waals surface area contributed by atoms with Crippen molar-refractivity contribution in [1.29, 1.82) is 0 Å². The van der Waals surface area contributed by atoms with E-state index in [9.17, 15) is 8.42 Å². The predicted octanol–water partition coefficient (Wildman–Crippen LogP) is 2.77. The number of nitrogens with two attached hydrogens (primary N) is 1. The van der Waals surface area contributed by atoms with Crippen LogP contribution in [-0.2, 0) is 10.0 Å². The Morgan fingerprint density at radius 1 is 1.38 bits per heavy atom. The third-order valence-corrected chi connectivity index (χ3v) is 5.47. The molecule has 7 heteroatoms. The third-order valence-electron chi connectivity index (χ3n) is 3.10. The Labute approximate surface area is 132 Å². The Morgan fingerprint density at radius 2 is 2.10 bits per heavy atom. The van der Waals surface area contributed by atoms with E-state index in [-0.39, 0.29) is 10.9 Å². The highest BCUT2D eigenvalue weighted by Crippen LogP contribution is 2.27. The number of benzene rings is 1. The number of sulfonamides is 1. The highest BCUT2D eigenvalue weighted by molar-refractivity contribution is 9.10. The van der Waals surface area contributed by atoms with E-state index >= 15 is 0 Å². The van der Waals surface area contributed by atoms with Gasteiger partial charge in [-0.2, -0.15) is 0 Å². The van der Waals surface area contributed by atoms with Crippen molar-refractivity contribution in [2.75, 3.05) is 5.73 Å². The van der Waals surface area contributed by atoms with Crippen molar-refractivity contribution in [2.24, 2.45) is 0 Å². The summed E-state index contributed by atoms with van der Waals surface area (Å²) in [6, 6.07) is 6.36. The Bertz CT molecular complexity index is 748. The number of nitrogen functional groups attached to an aromatic ring is 1. The summed E-state index contributed by atoms with van der Waals surface area (Å²) in [4.78, 5) is 4.17. The highest BCUT2D eigenvalue weighted by atomic mass is 79.9. The maximum atomic E-state index is 12.5. The molecule has 0 radical (unpaired) electrons. The molecule has 0 fully saturated rings. The molecule has 3 N–H and O–H groups in total. The number of nitrogens with one attached hydrogen (secondary N) is 1. The largest absolute Gasteiger partial charge is 0.398 e. The van der Waals surface area contributed by atoms with Gasteiger partial charge in [0.1, 0.15) is 0 Å². The molecular weight excluding hydrogens is 354 g/mol. The van der Waals surface area contributed by atoms with E-state index in [1.54, 1.807) is 38.4 Å². The lowest BCUT2D eigenvalue weighted by Gasteiger charge is -2.16. The van der Waals surface area contributed by atoms with Gasteiger partial charge in [-0.15, -0.1) is 0 Å². The summed E-state index contributed by atoms with van der Waals surface area (Å²) in [5, 5.41) is 0. The summed E-state index contributed by atoms with van der Waals surface area (Å²) in [6.45, 7) is 3.50. The predicted molar refractivity (Wildman–Crippen MR) is 86.3 cm³/mol. The molecule has 112 valence electrons. The summed E-state index contributed by atoms with van der Waals surface area (Å²) in [6.07, 6.45) is 3.28. The molecule has 0 saturated carbocycles. The third kappa shape index (κ3) is 3.61. The van der Waals surface area contributed by atoms with Crippen LogP contribution < -0.4 is 10.5 Å². The molecule has 21 heavy (non-hydrogen) atoms. The lowest BCUT2D eigenvalue weighted by molar-refractivity contribution is 0.566. The number of hydrogen-bond acceptors (Lipinski definition) is 4. The van der Waals surface area contributed by atoms with Crippen LogP contribution in [0.3, 0.4) is 0 Å². The van der Waals surface area contributed by atoms with Crippen LogP contribution in [0, 0.1) is 6.92 Å². The van der Waals surface area contributed by atoms with Gasteiger partial charge in [-0.3, -0.25) is 4.98 Å². The van der Waals surface area contributed by atoms with Crippen molar-refractivity contribution in [2.45, 2.75) is 24.8 Å². The lowest BCUT2D eigenvalue weighted by Crippen LogP contribution is -2.27. The van der Waals surface area contributed by atoms with Crippen LogP contribution in [0.15, 0.2) is 46.0 Å². The monoisotopic (exact) mass is 369 g/mol. The SMILES string of the molecule is Cc1cc(Br)c(N)cc1S(=O)(=O)NC(C)c1cccnc1. The van der Waals surface area contributed by atoms with Crippen molar-refractivity contribution in [3.05, 3.63) is 52.3 Å². The van der Waals surface area contributed by atoms with E-state index in [1.807, 2.05) is 6.07 Å². The Hall–Kier alpha value is -1.44. The number of hydrogen-bond donors (Lipinski definition) is 2. The topological polar surface area (TPSA) is 85.1 Å². The molecule has 0 aliphatic heterocycles. The fraction of sp³-hybridized carbons (Fsp3) is 0.214. The molecule has 2 rings (SSSR count). The molecular formula is C14H16BrN3O2S. The zero-order valence-corrected chi connectivity index (χ0v) is 14.1. The minimum Gasteiger partial charge on any atom is -0.398 e. The minimum absolute atomic E-state index is 0.180. The van der Waals surface area contributed by atoms with Gasteiger partial charge in [0, 0.05) is 28.6 Å². The maximum absolute atomic E-state index is 12.5. The Balaban J connectivity index is 2.33. The van der Waals surface area contributed by atoms with E-state index in [1.165, 1.54) is 6.07 Å². The number of nitrogens with zero attached hydrogens (tertiary/aromatic N) is 1. The average Bonchev–Trinajstić information content (AvgIpc) is 2.43. The first kappa shape index (κ1) is 15.9. The summed E-state index contributed by atoms with van der Waals surface area (Å²) >= 11 is 3.29. The fourth-order valence-electron chi connectivity index (χ4n) is 1.95. The van der Waals surface area contributed by atoms with Crippen molar-refractivity contribution < 1.29 is 8.42 Å². The molecule has 0 aliphatic rings. The molecule has 5 nitrogen and oxygen atoms in total. The van der Waals surface area contributed by atoms with E-state index in [4.69, 9.17) is 5.73 Å². The van der Waals surface area contributed by atoms with Gasteiger partial charge < -0.3 is 5.73 Å². The van der Waals surface area contributed by atoms with E-state index in [0.717, 1.165) is 5.56 Å². The number of aromatic nitrogens is 1. The maximum Gasteiger partial charge on any atom is 0.241 e. The van der Waals surface area contributed by atoms with Gasteiger partial charge in [0.05, 0.1) is 4.90 Å². The summed E-state index contributed by atoms with van der Waals surface area (Å²) < 4.78 is 28.3. The van der Waals surface area contributed by atoms with Crippen LogP contribution in [0.5, 0.6) is 0 Å². The molecule has 1 aromatic carbocycles. The second-order valence-corrected chi connectivity index (χ2v) is 7.31. The molecule has 0 aliphatic carbocycles. The zero-order chi connectivity index (χ0) is 15.6. The van der Waals surface area contributed by atoms with Crippen molar-refractivity contribution >= 4 is 31.6 Å². The quantitative estimate of drug-likeness (QED) is 0.811. The molecule has 2 aromatic rings. The summed E-state index contributed by atoms with van der Waals surface area (Å²) in [7, 11) is -3.66. The molecule has 1 unspecified atom stereocenters. The lowest BCUT2D eigenvalue weighted by atomic mass is 10.2. The number of halogens is 1. The van der Waals surface area contributed by atoms with Crippen molar-refractivity contribution in [3.63, 3.8) is 0 Å². The van der Waals surface area contributed by atoms with Crippen LogP contribution in [0.1, 0.15) is 24.1 Å². The molecule has 1 heterocycles. The number of aryl methyl sites for hydroxylation is 1. The van der Waals surface area contributed by atoms with Gasteiger partial charge in [0.2, 0.25) is 10.0 Å². The van der Waals surface area contributed by atoms with Gasteiger partial charge in [0.25, 0.3) is 0 Å². The summed E-state index contributed by atoms with van der Waals surface area (Å²) in [5.41, 5.74) is 7.59. The Kier molecular flexibility index (Phi) is 4.65. The molecule has 1 atom stereocenters. The van der Waals surface area contributed by atoms with Crippen molar-refractivity contribution in [1.82, 2.24) is 9.71 Å². The first-order chi connectivity index (χ1) is 9.81. The summed E-state index contributed by atoms with van der Waals surface area (Å²) in [5.74, 6) is 0. The molecule has 0 bridgehead atoms. The first-order valence-electron chi connectivity index (χ1n) is 6.29. The highest BCUT2D eigenvalue weighted by Gasteiger charge is 2.21. The normalized spacial score (nSPS) is 13.1. The van der Waals surface area contributed by atoms with Crippen LogP contribution in [0.25, 0.3) is 0 Å². The number of anilines is 1. The van der Waals surface area contributed by atoms with E-state index < -0.39 is 10.0 Å². The standard InChI is InChI=1S/C14H16BrN3O2S/c1-9-6-12(15)13(16)7-14(9)21(19,20)18-10(2)11-4-3-5-17-8-11/h3-8,10,18H,16H2,1-2H3. The number of pyridine rings is 1. The minimum atomic E-state index is -3.66.